The van der Waals surface area contributed by atoms with Crippen LogP contribution < -0.4 is 4.74 Å². The summed E-state index contributed by atoms with van der Waals surface area (Å²) in [5.41, 5.74) is 0.752. The fourth-order valence-electron chi connectivity index (χ4n) is 1.45. The van der Waals surface area contributed by atoms with Gasteiger partial charge < -0.3 is 9.84 Å². The van der Waals surface area contributed by atoms with Crippen molar-refractivity contribution in [3.63, 3.8) is 0 Å². The number of rotatable bonds is 6. The third kappa shape index (κ3) is 3.99. The molecule has 2 aromatic rings. The van der Waals surface area contributed by atoms with Crippen LogP contribution in [0, 0.1) is 0 Å². The summed E-state index contributed by atoms with van der Waals surface area (Å²) in [5.74, 6) is 0.530. The smallest absolute Gasteiger partial charge is 0.325 e. The average Bonchev–Trinajstić information content (AvgIpc) is 2.84. The van der Waals surface area contributed by atoms with Crippen LogP contribution in [0.4, 0.5) is 0 Å². The van der Waals surface area contributed by atoms with E-state index in [1.54, 1.807) is 25.1 Å². The molecule has 0 fully saturated rings. The van der Waals surface area contributed by atoms with Crippen LogP contribution in [0.15, 0.2) is 35.4 Å². The van der Waals surface area contributed by atoms with Gasteiger partial charge in [0.25, 0.3) is 0 Å². The van der Waals surface area contributed by atoms with Gasteiger partial charge in [0.1, 0.15) is 12.3 Å². The molecule has 1 heterocycles. The predicted molar refractivity (Wildman–Crippen MR) is 70.2 cm³/mol. The Morgan fingerprint density at radius 3 is 2.79 bits per heavy atom. The van der Waals surface area contributed by atoms with Gasteiger partial charge in [-0.2, -0.15) is 0 Å². The first-order valence-corrected chi connectivity index (χ1v) is 6.53. The molecule has 6 nitrogen and oxygen atoms in total. The summed E-state index contributed by atoms with van der Waals surface area (Å²) in [7, 11) is 1.63. The van der Waals surface area contributed by atoms with Crippen LogP contribution in [-0.4, -0.2) is 33.2 Å². The summed E-state index contributed by atoms with van der Waals surface area (Å²) in [6, 6.07) is 7.71. The zero-order valence-electron chi connectivity index (χ0n) is 10.3. The summed E-state index contributed by atoms with van der Waals surface area (Å²) < 4.78 is 6.39. The lowest BCUT2D eigenvalue weighted by Crippen LogP contribution is -2.08. The number of methoxy groups -OCH3 is 1. The maximum absolute atomic E-state index is 10.5. The number of carboxylic acid groups (broad SMARTS) is 1. The van der Waals surface area contributed by atoms with E-state index in [1.165, 1.54) is 4.68 Å². The fraction of sp³-hybridized carbons (Fsp3) is 0.250. The number of carbonyl (C=O) groups is 1. The van der Waals surface area contributed by atoms with E-state index >= 15 is 0 Å². The molecule has 0 spiro atoms. The number of nitrogens with zero attached hydrogens (tertiary/aromatic N) is 3. The second-order valence-corrected chi connectivity index (χ2v) is 4.81. The molecular weight excluding hydrogens is 266 g/mol. The zero-order valence-corrected chi connectivity index (χ0v) is 11.1. The van der Waals surface area contributed by atoms with Crippen LogP contribution in [0.25, 0.3) is 0 Å². The number of carboxylic acids is 1. The SMILES string of the molecule is COc1ccc(SCc2cn(CC(=O)O)nn2)cc1. The summed E-state index contributed by atoms with van der Waals surface area (Å²) in [4.78, 5) is 11.6. The van der Waals surface area contributed by atoms with Gasteiger partial charge in [0.2, 0.25) is 0 Å². The van der Waals surface area contributed by atoms with Crippen LogP contribution in [0.1, 0.15) is 5.69 Å². The molecule has 0 aliphatic heterocycles. The molecule has 7 heteroatoms. The Kier molecular flexibility index (Phi) is 4.40. The Bertz CT molecular complexity index is 554. The van der Waals surface area contributed by atoms with Crippen molar-refractivity contribution in [3.8, 4) is 5.75 Å². The quantitative estimate of drug-likeness (QED) is 0.810. The largest absolute Gasteiger partial charge is 0.497 e. The van der Waals surface area contributed by atoms with Crippen molar-refractivity contribution < 1.29 is 14.6 Å². The minimum absolute atomic E-state index is 0.166. The van der Waals surface area contributed by atoms with Gasteiger partial charge in [-0.3, -0.25) is 4.79 Å². The standard InChI is InChI=1S/C12H13N3O3S/c1-18-10-2-4-11(5-3-10)19-8-9-6-15(14-13-9)7-12(16)17/h2-6H,7-8H2,1H3,(H,16,17). The molecule has 0 unspecified atom stereocenters. The molecular formula is C12H13N3O3S. The van der Waals surface area contributed by atoms with Crippen molar-refractivity contribution in [2.75, 3.05) is 7.11 Å². The molecule has 0 aliphatic rings. The molecule has 0 atom stereocenters. The lowest BCUT2D eigenvalue weighted by molar-refractivity contribution is -0.137. The van der Waals surface area contributed by atoms with E-state index in [9.17, 15) is 4.79 Å². The molecule has 19 heavy (non-hydrogen) atoms. The first-order valence-electron chi connectivity index (χ1n) is 5.55. The minimum atomic E-state index is -0.931. The van der Waals surface area contributed by atoms with Crippen LogP contribution in [0.3, 0.4) is 0 Å². The van der Waals surface area contributed by atoms with Gasteiger partial charge in [-0.1, -0.05) is 5.21 Å². The van der Waals surface area contributed by atoms with E-state index in [2.05, 4.69) is 10.3 Å². The zero-order chi connectivity index (χ0) is 13.7. The Morgan fingerprint density at radius 1 is 1.42 bits per heavy atom. The maximum Gasteiger partial charge on any atom is 0.325 e. The number of hydrogen-bond acceptors (Lipinski definition) is 5. The second-order valence-electron chi connectivity index (χ2n) is 3.77. The Balaban J connectivity index is 1.90. The second kappa shape index (κ2) is 6.24. The normalized spacial score (nSPS) is 10.4. The van der Waals surface area contributed by atoms with Crippen LogP contribution >= 0.6 is 11.8 Å². The highest BCUT2D eigenvalue weighted by atomic mass is 32.2. The van der Waals surface area contributed by atoms with Crippen molar-refractivity contribution in [1.29, 1.82) is 0 Å². The Hall–Kier alpha value is -2.02. The minimum Gasteiger partial charge on any atom is -0.497 e. The summed E-state index contributed by atoms with van der Waals surface area (Å²) in [5, 5.41) is 16.3. The lowest BCUT2D eigenvalue weighted by Gasteiger charge is -2.01. The topological polar surface area (TPSA) is 77.2 Å². The van der Waals surface area contributed by atoms with Gasteiger partial charge in [0.15, 0.2) is 0 Å². The van der Waals surface area contributed by atoms with Crippen molar-refractivity contribution in [1.82, 2.24) is 15.0 Å². The summed E-state index contributed by atoms with van der Waals surface area (Å²) in [6.07, 6.45) is 1.64. The highest BCUT2D eigenvalue weighted by molar-refractivity contribution is 7.98. The molecule has 100 valence electrons. The van der Waals surface area contributed by atoms with Crippen molar-refractivity contribution in [2.45, 2.75) is 17.2 Å². The fourth-order valence-corrected chi connectivity index (χ4v) is 2.23. The molecule has 0 amide bonds. The maximum atomic E-state index is 10.5. The number of hydrogen-bond donors (Lipinski definition) is 1. The van der Waals surface area contributed by atoms with Gasteiger partial charge in [0, 0.05) is 16.8 Å². The number of aliphatic carboxylic acids is 1. The van der Waals surface area contributed by atoms with Crippen molar-refractivity contribution in [3.05, 3.63) is 36.2 Å². The third-order valence-corrected chi connectivity index (χ3v) is 3.38. The van der Waals surface area contributed by atoms with Gasteiger partial charge in [-0.15, -0.1) is 16.9 Å². The molecule has 2 rings (SSSR count). The van der Waals surface area contributed by atoms with Gasteiger partial charge in [-0.25, -0.2) is 4.68 Å². The molecule has 0 bridgehead atoms. The van der Waals surface area contributed by atoms with E-state index in [0.29, 0.717) is 5.75 Å². The molecule has 0 aliphatic carbocycles. The van der Waals surface area contributed by atoms with Gasteiger partial charge in [-0.05, 0) is 24.3 Å². The van der Waals surface area contributed by atoms with Crippen molar-refractivity contribution >= 4 is 17.7 Å². The van der Waals surface area contributed by atoms with E-state index in [4.69, 9.17) is 9.84 Å². The van der Waals surface area contributed by atoms with Crippen LogP contribution in [-0.2, 0) is 17.1 Å². The molecule has 0 radical (unpaired) electrons. The van der Waals surface area contributed by atoms with Crippen molar-refractivity contribution in [2.24, 2.45) is 0 Å². The first-order chi connectivity index (χ1) is 9.17. The number of thioether (sulfide) groups is 1. The lowest BCUT2D eigenvalue weighted by atomic mass is 10.3. The summed E-state index contributed by atoms with van der Waals surface area (Å²) >= 11 is 1.61. The first kappa shape index (κ1) is 13.4. The highest BCUT2D eigenvalue weighted by Crippen LogP contribution is 2.23. The predicted octanol–water partition coefficient (Wildman–Crippen LogP) is 1.66. The summed E-state index contributed by atoms with van der Waals surface area (Å²) in [6.45, 7) is -0.166. The highest BCUT2D eigenvalue weighted by Gasteiger charge is 2.05. The molecule has 1 aromatic heterocycles. The Labute approximate surface area is 114 Å². The number of benzene rings is 1. The van der Waals surface area contributed by atoms with Crippen LogP contribution in [0.5, 0.6) is 5.75 Å². The van der Waals surface area contributed by atoms with E-state index in [0.717, 1.165) is 16.3 Å². The van der Waals surface area contributed by atoms with E-state index in [-0.39, 0.29) is 6.54 Å². The van der Waals surface area contributed by atoms with Gasteiger partial charge in [0.05, 0.1) is 12.8 Å². The number of ether oxygens (including phenoxy) is 1. The third-order valence-electron chi connectivity index (χ3n) is 2.33. The Morgan fingerprint density at radius 2 is 2.16 bits per heavy atom. The van der Waals surface area contributed by atoms with Crippen LogP contribution in [0.2, 0.25) is 0 Å². The molecule has 0 saturated carbocycles. The molecule has 1 N–H and O–H groups in total. The van der Waals surface area contributed by atoms with Gasteiger partial charge >= 0.3 is 5.97 Å². The average molecular weight is 279 g/mol. The van der Waals surface area contributed by atoms with E-state index in [1.807, 2.05) is 24.3 Å². The monoisotopic (exact) mass is 279 g/mol. The molecule has 1 aromatic carbocycles. The number of aromatic nitrogens is 3. The molecule has 0 saturated heterocycles. The van der Waals surface area contributed by atoms with E-state index < -0.39 is 5.97 Å².